The molecule has 0 aliphatic heterocycles. The van der Waals surface area contributed by atoms with Gasteiger partial charge in [0.25, 0.3) is 5.91 Å². The number of carbonyl (C=O) groups is 1. The van der Waals surface area contributed by atoms with E-state index in [2.05, 4.69) is 26.3 Å². The number of nitrogens with zero attached hydrogens (tertiary/aromatic N) is 3. The van der Waals surface area contributed by atoms with Crippen LogP contribution in [0.25, 0.3) is 0 Å². The predicted octanol–water partition coefficient (Wildman–Crippen LogP) is 1.58. The molecule has 0 saturated carbocycles. The van der Waals surface area contributed by atoms with E-state index in [0.29, 0.717) is 11.2 Å². The first-order valence-electron chi connectivity index (χ1n) is 5.26. The molecule has 8 nitrogen and oxygen atoms in total. The van der Waals surface area contributed by atoms with E-state index in [-0.39, 0.29) is 23.9 Å². The van der Waals surface area contributed by atoms with Crippen LogP contribution in [0.15, 0.2) is 33.6 Å². The highest BCUT2D eigenvalue weighted by Gasteiger charge is 2.11. The maximum atomic E-state index is 11.6. The summed E-state index contributed by atoms with van der Waals surface area (Å²) in [6.07, 6.45) is 2.46. The van der Waals surface area contributed by atoms with Crippen LogP contribution in [0.5, 0.6) is 0 Å². The van der Waals surface area contributed by atoms with Crippen LogP contribution in [0.1, 0.15) is 10.6 Å². The Morgan fingerprint density at radius 1 is 1.58 bits per heavy atom. The van der Waals surface area contributed by atoms with Gasteiger partial charge in [-0.15, -0.1) is 0 Å². The van der Waals surface area contributed by atoms with Crippen LogP contribution in [0.4, 0.5) is 5.69 Å². The molecule has 0 saturated heterocycles. The Morgan fingerprint density at radius 2 is 2.37 bits per heavy atom. The molecular weight excluding hydrogens is 320 g/mol. The first-order chi connectivity index (χ1) is 9.06. The molecule has 0 fully saturated rings. The Hall–Kier alpha value is -2.16. The third-order valence-corrected chi connectivity index (χ3v) is 2.68. The third kappa shape index (κ3) is 3.41. The van der Waals surface area contributed by atoms with Crippen LogP contribution >= 0.6 is 15.9 Å². The number of hydrogen-bond acceptors (Lipinski definition) is 5. The van der Waals surface area contributed by atoms with Gasteiger partial charge in [0.1, 0.15) is 12.4 Å². The minimum absolute atomic E-state index is 0.0821. The van der Waals surface area contributed by atoms with Crippen molar-refractivity contribution in [3.63, 3.8) is 0 Å². The van der Waals surface area contributed by atoms with Crippen LogP contribution in [0.2, 0.25) is 0 Å². The normalized spacial score (nSPS) is 10.4. The van der Waals surface area contributed by atoms with E-state index in [0.717, 1.165) is 6.20 Å². The minimum atomic E-state index is -0.525. The lowest BCUT2D eigenvalue weighted by atomic mass is 10.4. The quantitative estimate of drug-likeness (QED) is 0.662. The van der Waals surface area contributed by atoms with E-state index in [9.17, 15) is 14.9 Å². The number of nitro groups is 1. The van der Waals surface area contributed by atoms with Gasteiger partial charge in [0.15, 0.2) is 10.4 Å². The number of amides is 1. The molecule has 2 aromatic heterocycles. The SMILES string of the molecule is O=C(NCCn1cc([N+](=O)[O-])cn1)c1ccc(Br)o1. The molecule has 0 aromatic carbocycles. The predicted molar refractivity (Wildman–Crippen MR) is 67.6 cm³/mol. The monoisotopic (exact) mass is 328 g/mol. The molecule has 0 spiro atoms. The van der Waals surface area contributed by atoms with Crippen LogP contribution < -0.4 is 5.32 Å². The van der Waals surface area contributed by atoms with E-state index in [1.54, 1.807) is 6.07 Å². The van der Waals surface area contributed by atoms with E-state index in [1.165, 1.54) is 16.9 Å². The molecule has 0 aliphatic rings. The fourth-order valence-corrected chi connectivity index (χ4v) is 1.68. The third-order valence-electron chi connectivity index (χ3n) is 2.25. The topological polar surface area (TPSA) is 103 Å². The molecule has 9 heteroatoms. The van der Waals surface area contributed by atoms with E-state index < -0.39 is 4.92 Å². The average molecular weight is 329 g/mol. The van der Waals surface area contributed by atoms with Crippen LogP contribution in [-0.4, -0.2) is 27.2 Å². The first kappa shape index (κ1) is 13.3. The zero-order chi connectivity index (χ0) is 13.8. The molecule has 2 heterocycles. The molecule has 0 aliphatic carbocycles. The summed E-state index contributed by atoms with van der Waals surface area (Å²) < 4.78 is 6.93. The average Bonchev–Trinajstić information content (AvgIpc) is 2.98. The number of rotatable bonds is 5. The minimum Gasteiger partial charge on any atom is -0.444 e. The molecular formula is C10H9BrN4O4. The zero-order valence-corrected chi connectivity index (χ0v) is 11.2. The van der Waals surface area contributed by atoms with E-state index in [1.807, 2.05) is 0 Å². The summed E-state index contributed by atoms with van der Waals surface area (Å²) in [4.78, 5) is 21.5. The van der Waals surface area contributed by atoms with Gasteiger partial charge in [0.05, 0.1) is 11.5 Å². The van der Waals surface area contributed by atoms with Crippen LogP contribution in [0.3, 0.4) is 0 Å². The summed E-state index contributed by atoms with van der Waals surface area (Å²) in [5.74, 6) is -0.161. The molecule has 0 atom stereocenters. The Bertz CT molecular complexity index is 606. The van der Waals surface area contributed by atoms with Gasteiger partial charge in [-0.05, 0) is 28.1 Å². The van der Waals surface area contributed by atoms with Gasteiger partial charge in [0.2, 0.25) is 0 Å². The standard InChI is InChI=1S/C10H9BrN4O4/c11-9-2-1-8(19-9)10(16)12-3-4-14-6-7(5-13-14)15(17)18/h1-2,5-6H,3-4H2,(H,12,16). The number of furan rings is 1. The summed E-state index contributed by atoms with van der Waals surface area (Å²) in [7, 11) is 0. The van der Waals surface area contributed by atoms with Crippen molar-refractivity contribution in [2.24, 2.45) is 0 Å². The Labute approximate surface area is 115 Å². The number of aromatic nitrogens is 2. The molecule has 100 valence electrons. The smallest absolute Gasteiger partial charge is 0.306 e. The number of halogens is 1. The molecule has 1 amide bonds. The summed E-state index contributed by atoms with van der Waals surface area (Å²) >= 11 is 3.10. The molecule has 2 aromatic rings. The second-order valence-electron chi connectivity index (χ2n) is 3.58. The molecule has 0 radical (unpaired) electrons. The Morgan fingerprint density at radius 3 is 2.95 bits per heavy atom. The highest BCUT2D eigenvalue weighted by Crippen LogP contribution is 2.13. The van der Waals surface area contributed by atoms with Gasteiger partial charge in [-0.1, -0.05) is 0 Å². The molecule has 0 unspecified atom stereocenters. The van der Waals surface area contributed by atoms with Gasteiger partial charge in [-0.3, -0.25) is 19.6 Å². The second-order valence-corrected chi connectivity index (χ2v) is 4.36. The summed E-state index contributed by atoms with van der Waals surface area (Å²) in [5, 5.41) is 16.9. The first-order valence-corrected chi connectivity index (χ1v) is 6.06. The van der Waals surface area contributed by atoms with E-state index >= 15 is 0 Å². The van der Waals surface area contributed by atoms with Crippen molar-refractivity contribution >= 4 is 27.5 Å². The second kappa shape index (κ2) is 5.65. The van der Waals surface area contributed by atoms with Crippen LogP contribution in [-0.2, 0) is 6.54 Å². The van der Waals surface area contributed by atoms with Crippen molar-refractivity contribution in [1.82, 2.24) is 15.1 Å². The molecule has 1 N–H and O–H groups in total. The molecule has 19 heavy (non-hydrogen) atoms. The summed E-state index contributed by atoms with van der Waals surface area (Å²) in [5.41, 5.74) is -0.0821. The highest BCUT2D eigenvalue weighted by atomic mass is 79.9. The lowest BCUT2D eigenvalue weighted by Crippen LogP contribution is -2.26. The van der Waals surface area contributed by atoms with Crippen molar-refractivity contribution in [1.29, 1.82) is 0 Å². The Kier molecular flexibility index (Phi) is 3.95. The lowest BCUT2D eigenvalue weighted by Gasteiger charge is -2.02. The fourth-order valence-electron chi connectivity index (χ4n) is 1.38. The number of carbonyl (C=O) groups excluding carboxylic acids is 1. The van der Waals surface area contributed by atoms with Gasteiger partial charge < -0.3 is 9.73 Å². The van der Waals surface area contributed by atoms with Crippen molar-refractivity contribution in [2.75, 3.05) is 6.54 Å². The van der Waals surface area contributed by atoms with Crippen LogP contribution in [0, 0.1) is 10.1 Å². The van der Waals surface area contributed by atoms with Gasteiger partial charge >= 0.3 is 5.69 Å². The maximum absolute atomic E-state index is 11.6. The molecule has 0 bridgehead atoms. The largest absolute Gasteiger partial charge is 0.444 e. The maximum Gasteiger partial charge on any atom is 0.306 e. The van der Waals surface area contributed by atoms with Crippen molar-refractivity contribution in [3.8, 4) is 0 Å². The summed E-state index contributed by atoms with van der Waals surface area (Å²) in [6, 6.07) is 3.16. The zero-order valence-electron chi connectivity index (χ0n) is 9.58. The Balaban J connectivity index is 1.83. The van der Waals surface area contributed by atoms with Gasteiger partial charge in [-0.25, -0.2) is 0 Å². The number of nitrogens with one attached hydrogen (secondary N) is 1. The molecule has 2 rings (SSSR count). The van der Waals surface area contributed by atoms with Crippen molar-refractivity contribution in [2.45, 2.75) is 6.54 Å². The van der Waals surface area contributed by atoms with Crippen molar-refractivity contribution in [3.05, 3.63) is 45.1 Å². The fraction of sp³-hybridized carbons (Fsp3) is 0.200. The van der Waals surface area contributed by atoms with E-state index in [4.69, 9.17) is 4.42 Å². The van der Waals surface area contributed by atoms with Crippen molar-refractivity contribution < 1.29 is 14.1 Å². The number of hydrogen-bond donors (Lipinski definition) is 1. The van der Waals surface area contributed by atoms with Gasteiger partial charge in [-0.2, -0.15) is 5.10 Å². The highest BCUT2D eigenvalue weighted by molar-refractivity contribution is 9.10. The van der Waals surface area contributed by atoms with Gasteiger partial charge in [0, 0.05) is 6.54 Å². The lowest BCUT2D eigenvalue weighted by molar-refractivity contribution is -0.385. The summed E-state index contributed by atoms with van der Waals surface area (Å²) in [6.45, 7) is 0.622.